The third-order valence-electron chi connectivity index (χ3n) is 2.78. The highest BCUT2D eigenvalue weighted by Gasteiger charge is 2.12. The van der Waals surface area contributed by atoms with Crippen molar-refractivity contribution in [2.24, 2.45) is 0 Å². The summed E-state index contributed by atoms with van der Waals surface area (Å²) in [5, 5.41) is 17.1. The third-order valence-corrected chi connectivity index (χ3v) is 2.78. The number of aromatic nitrogens is 2. The average molecular weight is 264 g/mol. The topological polar surface area (TPSA) is 77.6 Å². The molecule has 0 saturated carbocycles. The van der Waals surface area contributed by atoms with Gasteiger partial charge in [0.1, 0.15) is 29.5 Å². The summed E-state index contributed by atoms with van der Waals surface area (Å²) in [7, 11) is 1.58. The summed E-state index contributed by atoms with van der Waals surface area (Å²) in [5.41, 5.74) is 2.00. The molecule has 1 aromatic heterocycles. The van der Waals surface area contributed by atoms with Crippen LogP contribution in [-0.4, -0.2) is 22.5 Å². The van der Waals surface area contributed by atoms with Gasteiger partial charge in [0, 0.05) is 11.6 Å². The predicted molar refractivity (Wildman–Crippen MR) is 67.0 cm³/mol. The van der Waals surface area contributed by atoms with Crippen LogP contribution < -0.4 is 9.47 Å². The van der Waals surface area contributed by atoms with E-state index in [0.29, 0.717) is 28.5 Å². The van der Waals surface area contributed by atoms with Crippen molar-refractivity contribution in [2.75, 3.05) is 7.11 Å². The van der Waals surface area contributed by atoms with E-state index in [1.165, 1.54) is 0 Å². The second kappa shape index (κ2) is 5.71. The van der Waals surface area contributed by atoms with E-state index in [1.54, 1.807) is 39.2 Å². The van der Waals surface area contributed by atoms with Crippen LogP contribution in [0.15, 0.2) is 22.8 Å². The Kier molecular flexibility index (Phi) is 4.01. The summed E-state index contributed by atoms with van der Waals surface area (Å²) in [4.78, 5) is 0. The van der Waals surface area contributed by atoms with Gasteiger partial charge in [-0.2, -0.15) is 0 Å². The molecule has 2 rings (SSSR count). The number of aryl methyl sites for hydroxylation is 1. The van der Waals surface area contributed by atoms with Gasteiger partial charge in [0.2, 0.25) is 0 Å². The number of nitrogens with zero attached hydrogens (tertiary/aromatic N) is 2. The molecule has 0 aliphatic heterocycles. The van der Waals surface area contributed by atoms with Crippen LogP contribution in [0.1, 0.15) is 30.0 Å². The van der Waals surface area contributed by atoms with Gasteiger partial charge in [-0.1, -0.05) is 10.3 Å². The number of aliphatic hydroxyl groups excluding tert-OH is 1. The Labute approximate surface area is 110 Å². The van der Waals surface area contributed by atoms with Crippen LogP contribution in [0, 0.1) is 6.92 Å². The van der Waals surface area contributed by atoms with E-state index in [9.17, 15) is 5.11 Å². The molecule has 0 fully saturated rings. The van der Waals surface area contributed by atoms with Crippen molar-refractivity contribution in [3.05, 3.63) is 35.2 Å². The highest BCUT2D eigenvalue weighted by molar-refractivity contribution is 5.41. The van der Waals surface area contributed by atoms with E-state index in [4.69, 9.17) is 9.47 Å². The monoisotopic (exact) mass is 264 g/mol. The predicted octanol–water partition coefficient (Wildman–Crippen LogP) is 2.02. The minimum Gasteiger partial charge on any atom is -0.497 e. The minimum atomic E-state index is -0.627. The molecule has 1 N–H and O–H groups in total. The number of rotatable bonds is 5. The van der Waals surface area contributed by atoms with Crippen molar-refractivity contribution in [3.8, 4) is 11.5 Å². The van der Waals surface area contributed by atoms with E-state index in [2.05, 4.69) is 14.9 Å². The fourth-order valence-electron chi connectivity index (χ4n) is 1.64. The molecule has 2 aromatic rings. The molecule has 1 atom stereocenters. The fourth-order valence-corrected chi connectivity index (χ4v) is 1.64. The SMILES string of the molecule is COc1ccc(C(C)O)c(OCc2nonc2C)c1. The van der Waals surface area contributed by atoms with E-state index in [1.807, 2.05) is 0 Å². The van der Waals surface area contributed by atoms with E-state index in [-0.39, 0.29) is 6.61 Å². The Balaban J connectivity index is 2.20. The number of hydrogen-bond acceptors (Lipinski definition) is 6. The maximum atomic E-state index is 9.71. The molecule has 6 heteroatoms. The second-order valence-electron chi connectivity index (χ2n) is 4.16. The van der Waals surface area contributed by atoms with Gasteiger partial charge in [0.25, 0.3) is 0 Å². The first-order valence-electron chi connectivity index (χ1n) is 5.88. The molecular weight excluding hydrogens is 248 g/mol. The third kappa shape index (κ3) is 3.03. The van der Waals surface area contributed by atoms with Crippen LogP contribution >= 0.6 is 0 Å². The molecule has 102 valence electrons. The number of hydrogen-bond donors (Lipinski definition) is 1. The summed E-state index contributed by atoms with van der Waals surface area (Å²) >= 11 is 0. The lowest BCUT2D eigenvalue weighted by Crippen LogP contribution is -2.02. The molecule has 1 unspecified atom stereocenters. The number of ether oxygens (including phenoxy) is 2. The van der Waals surface area contributed by atoms with Crippen LogP contribution in [0.3, 0.4) is 0 Å². The first-order chi connectivity index (χ1) is 9.11. The number of methoxy groups -OCH3 is 1. The highest BCUT2D eigenvalue weighted by atomic mass is 16.6. The maximum Gasteiger partial charge on any atom is 0.145 e. The van der Waals surface area contributed by atoms with Crippen molar-refractivity contribution in [2.45, 2.75) is 26.6 Å². The van der Waals surface area contributed by atoms with Gasteiger partial charge in [-0.25, -0.2) is 4.63 Å². The van der Waals surface area contributed by atoms with E-state index in [0.717, 1.165) is 0 Å². The van der Waals surface area contributed by atoms with Crippen LogP contribution in [0.4, 0.5) is 0 Å². The van der Waals surface area contributed by atoms with Crippen molar-refractivity contribution in [1.82, 2.24) is 10.3 Å². The van der Waals surface area contributed by atoms with Crippen LogP contribution in [-0.2, 0) is 6.61 Å². The minimum absolute atomic E-state index is 0.224. The first kappa shape index (κ1) is 13.4. The fraction of sp³-hybridized carbons (Fsp3) is 0.385. The van der Waals surface area contributed by atoms with Gasteiger partial charge in [-0.3, -0.25) is 0 Å². The van der Waals surface area contributed by atoms with Crippen LogP contribution in [0.5, 0.6) is 11.5 Å². The zero-order valence-electron chi connectivity index (χ0n) is 11.1. The highest BCUT2D eigenvalue weighted by Crippen LogP contribution is 2.30. The summed E-state index contributed by atoms with van der Waals surface area (Å²) < 4.78 is 15.4. The van der Waals surface area contributed by atoms with Gasteiger partial charge >= 0.3 is 0 Å². The standard InChI is InChI=1S/C13H16N2O4/c1-8-12(15-19-14-8)7-18-13-6-10(17-3)4-5-11(13)9(2)16/h4-6,9,16H,7H2,1-3H3. The Bertz CT molecular complexity index is 551. The molecule has 0 spiro atoms. The molecule has 6 nitrogen and oxygen atoms in total. The van der Waals surface area contributed by atoms with E-state index >= 15 is 0 Å². The quantitative estimate of drug-likeness (QED) is 0.890. The Morgan fingerprint density at radius 1 is 1.37 bits per heavy atom. The zero-order chi connectivity index (χ0) is 13.8. The van der Waals surface area contributed by atoms with Crippen LogP contribution in [0.25, 0.3) is 0 Å². The van der Waals surface area contributed by atoms with Crippen molar-refractivity contribution in [1.29, 1.82) is 0 Å². The molecule has 0 amide bonds. The number of aliphatic hydroxyl groups is 1. The molecule has 0 saturated heterocycles. The van der Waals surface area contributed by atoms with Gasteiger partial charge < -0.3 is 14.6 Å². The van der Waals surface area contributed by atoms with Gasteiger partial charge in [-0.05, 0) is 26.0 Å². The lowest BCUT2D eigenvalue weighted by atomic mass is 10.1. The molecule has 1 heterocycles. The van der Waals surface area contributed by atoms with Crippen molar-refractivity contribution < 1.29 is 19.2 Å². The Hall–Kier alpha value is -2.08. The average Bonchev–Trinajstić information content (AvgIpc) is 2.81. The van der Waals surface area contributed by atoms with Gasteiger partial charge in [0.15, 0.2) is 0 Å². The molecular formula is C13H16N2O4. The smallest absolute Gasteiger partial charge is 0.145 e. The Morgan fingerprint density at radius 3 is 2.74 bits per heavy atom. The Morgan fingerprint density at radius 2 is 2.16 bits per heavy atom. The summed E-state index contributed by atoms with van der Waals surface area (Å²) in [6.45, 7) is 3.69. The number of benzene rings is 1. The molecule has 19 heavy (non-hydrogen) atoms. The van der Waals surface area contributed by atoms with Crippen LogP contribution in [0.2, 0.25) is 0 Å². The summed E-state index contributed by atoms with van der Waals surface area (Å²) in [6, 6.07) is 5.27. The largest absolute Gasteiger partial charge is 0.497 e. The van der Waals surface area contributed by atoms with Crippen molar-refractivity contribution >= 4 is 0 Å². The van der Waals surface area contributed by atoms with Gasteiger partial charge in [0.05, 0.1) is 13.2 Å². The normalized spacial score (nSPS) is 12.2. The van der Waals surface area contributed by atoms with Crippen molar-refractivity contribution in [3.63, 3.8) is 0 Å². The second-order valence-corrected chi connectivity index (χ2v) is 4.16. The molecule has 0 radical (unpaired) electrons. The molecule has 0 aliphatic carbocycles. The molecule has 0 aliphatic rings. The zero-order valence-corrected chi connectivity index (χ0v) is 11.1. The maximum absolute atomic E-state index is 9.71. The lowest BCUT2D eigenvalue weighted by Gasteiger charge is -2.14. The molecule has 0 bridgehead atoms. The lowest BCUT2D eigenvalue weighted by molar-refractivity contribution is 0.189. The molecule has 1 aromatic carbocycles. The van der Waals surface area contributed by atoms with Gasteiger partial charge in [-0.15, -0.1) is 0 Å². The summed E-state index contributed by atoms with van der Waals surface area (Å²) in [5.74, 6) is 1.21. The first-order valence-corrected chi connectivity index (χ1v) is 5.88. The van der Waals surface area contributed by atoms with E-state index < -0.39 is 6.10 Å². The summed E-state index contributed by atoms with van der Waals surface area (Å²) in [6.07, 6.45) is -0.627.